The van der Waals surface area contributed by atoms with E-state index in [0.717, 1.165) is 16.1 Å². The molecule has 1 amide bonds. The highest BCUT2D eigenvalue weighted by Crippen LogP contribution is 2.28. The molecule has 0 saturated carbocycles. The SMILES string of the molecule is Cc1nc(NC(=O)c2cccc(-n3cnnn3)c2)sc1Cc1ccc(Cl)c(Cl)c1. The zero-order chi connectivity index (χ0) is 20.4. The third-order valence-electron chi connectivity index (χ3n) is 4.18. The van der Waals surface area contributed by atoms with Gasteiger partial charge in [-0.3, -0.25) is 10.1 Å². The maximum atomic E-state index is 12.7. The number of hydrogen-bond acceptors (Lipinski definition) is 6. The van der Waals surface area contributed by atoms with Crippen LogP contribution in [0.25, 0.3) is 5.69 Å². The average Bonchev–Trinajstić information content (AvgIpc) is 3.35. The summed E-state index contributed by atoms with van der Waals surface area (Å²) in [4.78, 5) is 18.2. The summed E-state index contributed by atoms with van der Waals surface area (Å²) in [5.74, 6) is -0.255. The van der Waals surface area contributed by atoms with Crippen molar-refractivity contribution in [2.75, 3.05) is 5.32 Å². The summed E-state index contributed by atoms with van der Waals surface area (Å²) in [5.41, 5.74) is 3.06. The topological polar surface area (TPSA) is 85.6 Å². The van der Waals surface area contributed by atoms with Gasteiger partial charge in [0.2, 0.25) is 0 Å². The predicted molar refractivity (Wildman–Crippen MR) is 113 cm³/mol. The van der Waals surface area contributed by atoms with Gasteiger partial charge in [0.1, 0.15) is 6.33 Å². The molecule has 2 aromatic heterocycles. The summed E-state index contributed by atoms with van der Waals surface area (Å²) >= 11 is 13.5. The molecule has 0 unspecified atom stereocenters. The third kappa shape index (κ3) is 4.45. The van der Waals surface area contributed by atoms with Gasteiger partial charge in [-0.1, -0.05) is 35.3 Å². The molecule has 4 aromatic rings. The first kappa shape index (κ1) is 19.5. The van der Waals surface area contributed by atoms with Crippen molar-refractivity contribution < 1.29 is 4.79 Å². The summed E-state index contributed by atoms with van der Waals surface area (Å²) < 4.78 is 1.49. The molecule has 0 saturated heterocycles. The number of nitrogens with zero attached hydrogens (tertiary/aromatic N) is 5. The molecule has 146 valence electrons. The summed E-state index contributed by atoms with van der Waals surface area (Å²) in [6.07, 6.45) is 2.13. The van der Waals surface area contributed by atoms with Crippen LogP contribution in [-0.4, -0.2) is 31.1 Å². The third-order valence-corrected chi connectivity index (χ3v) is 6.00. The Kier molecular flexibility index (Phi) is 5.57. The van der Waals surface area contributed by atoms with Crippen LogP contribution >= 0.6 is 34.5 Å². The first-order valence-electron chi connectivity index (χ1n) is 8.54. The van der Waals surface area contributed by atoms with Gasteiger partial charge in [-0.15, -0.1) is 16.4 Å². The van der Waals surface area contributed by atoms with E-state index in [1.807, 2.05) is 25.1 Å². The van der Waals surface area contributed by atoms with Crippen LogP contribution in [0.15, 0.2) is 48.8 Å². The van der Waals surface area contributed by atoms with Crippen LogP contribution in [0.2, 0.25) is 10.0 Å². The van der Waals surface area contributed by atoms with E-state index in [9.17, 15) is 4.79 Å². The van der Waals surface area contributed by atoms with E-state index >= 15 is 0 Å². The minimum absolute atomic E-state index is 0.255. The van der Waals surface area contributed by atoms with E-state index in [2.05, 4.69) is 25.8 Å². The van der Waals surface area contributed by atoms with Gasteiger partial charge in [0.05, 0.1) is 21.4 Å². The van der Waals surface area contributed by atoms with Crippen LogP contribution in [0.1, 0.15) is 26.5 Å². The lowest BCUT2D eigenvalue weighted by Crippen LogP contribution is -2.12. The maximum absolute atomic E-state index is 12.7. The summed E-state index contributed by atoms with van der Waals surface area (Å²) in [5, 5.41) is 15.5. The molecule has 29 heavy (non-hydrogen) atoms. The van der Waals surface area contributed by atoms with Crippen molar-refractivity contribution in [2.45, 2.75) is 13.3 Å². The van der Waals surface area contributed by atoms with Crippen molar-refractivity contribution in [3.8, 4) is 5.69 Å². The number of hydrogen-bond donors (Lipinski definition) is 1. The van der Waals surface area contributed by atoms with Gasteiger partial charge < -0.3 is 0 Å². The summed E-state index contributed by atoms with van der Waals surface area (Å²) in [6, 6.07) is 12.6. The van der Waals surface area contributed by atoms with Crippen molar-refractivity contribution in [2.24, 2.45) is 0 Å². The highest BCUT2D eigenvalue weighted by Gasteiger charge is 2.14. The van der Waals surface area contributed by atoms with Crippen LogP contribution in [0.4, 0.5) is 5.13 Å². The second-order valence-electron chi connectivity index (χ2n) is 6.21. The molecule has 0 spiro atoms. The Morgan fingerprint density at radius 1 is 1.17 bits per heavy atom. The Hall–Kier alpha value is -2.81. The highest BCUT2D eigenvalue weighted by atomic mass is 35.5. The molecule has 0 aliphatic rings. The van der Waals surface area contributed by atoms with E-state index in [-0.39, 0.29) is 5.91 Å². The first-order valence-corrected chi connectivity index (χ1v) is 10.1. The largest absolute Gasteiger partial charge is 0.298 e. The molecule has 0 atom stereocenters. The molecule has 0 aliphatic carbocycles. The van der Waals surface area contributed by atoms with Gasteiger partial charge in [-0.05, 0) is 53.2 Å². The van der Waals surface area contributed by atoms with Crippen molar-refractivity contribution in [1.82, 2.24) is 25.2 Å². The van der Waals surface area contributed by atoms with E-state index in [1.165, 1.54) is 22.3 Å². The van der Waals surface area contributed by atoms with Gasteiger partial charge in [0, 0.05) is 16.9 Å². The number of nitrogens with one attached hydrogen (secondary N) is 1. The Morgan fingerprint density at radius 3 is 2.79 bits per heavy atom. The van der Waals surface area contributed by atoms with Gasteiger partial charge in [0.15, 0.2) is 5.13 Å². The van der Waals surface area contributed by atoms with Crippen LogP contribution < -0.4 is 5.32 Å². The molecule has 2 heterocycles. The quantitative estimate of drug-likeness (QED) is 0.486. The second-order valence-corrected chi connectivity index (χ2v) is 8.11. The monoisotopic (exact) mass is 444 g/mol. The maximum Gasteiger partial charge on any atom is 0.257 e. The van der Waals surface area contributed by atoms with E-state index in [4.69, 9.17) is 23.2 Å². The lowest BCUT2D eigenvalue weighted by molar-refractivity contribution is 0.102. The van der Waals surface area contributed by atoms with Gasteiger partial charge >= 0.3 is 0 Å². The molecular weight excluding hydrogens is 431 g/mol. The molecule has 0 fully saturated rings. The number of thiazole rings is 1. The summed E-state index contributed by atoms with van der Waals surface area (Å²) in [7, 11) is 0. The van der Waals surface area contributed by atoms with Crippen molar-refractivity contribution in [3.63, 3.8) is 0 Å². The number of halogens is 2. The molecular formula is C19H14Cl2N6OS. The van der Waals surface area contributed by atoms with Gasteiger partial charge in [0.25, 0.3) is 5.91 Å². The van der Waals surface area contributed by atoms with Crippen LogP contribution in [0, 0.1) is 6.92 Å². The fourth-order valence-corrected chi connectivity index (χ4v) is 4.03. The van der Waals surface area contributed by atoms with Gasteiger partial charge in [-0.2, -0.15) is 0 Å². The molecule has 4 rings (SSSR count). The Morgan fingerprint density at radius 2 is 2.03 bits per heavy atom. The number of aryl methyl sites for hydroxylation is 1. The average molecular weight is 445 g/mol. The first-order chi connectivity index (χ1) is 14.0. The fraction of sp³-hybridized carbons (Fsp3) is 0.105. The van der Waals surface area contributed by atoms with Crippen LogP contribution in [0.5, 0.6) is 0 Å². The number of aromatic nitrogens is 5. The number of anilines is 1. The van der Waals surface area contributed by atoms with Crippen molar-refractivity contribution >= 4 is 45.6 Å². The van der Waals surface area contributed by atoms with Crippen LogP contribution in [-0.2, 0) is 6.42 Å². The highest BCUT2D eigenvalue weighted by molar-refractivity contribution is 7.15. The second kappa shape index (κ2) is 8.28. The number of benzene rings is 2. The number of rotatable bonds is 5. The van der Waals surface area contributed by atoms with Crippen molar-refractivity contribution in [3.05, 3.63) is 80.5 Å². The predicted octanol–water partition coefficient (Wildman–Crippen LogP) is 4.58. The zero-order valence-electron chi connectivity index (χ0n) is 15.1. The Balaban J connectivity index is 1.50. The molecule has 10 heteroatoms. The zero-order valence-corrected chi connectivity index (χ0v) is 17.5. The Bertz CT molecular complexity index is 1180. The molecule has 2 aromatic carbocycles. The lowest BCUT2D eigenvalue weighted by atomic mass is 10.1. The minimum atomic E-state index is -0.255. The molecule has 0 aliphatic heterocycles. The standard InChI is InChI=1S/C19H14Cl2N6OS/c1-11-17(8-12-5-6-15(20)16(21)7-12)29-19(23-11)24-18(28)13-3-2-4-14(9-13)27-10-22-25-26-27/h2-7,9-10H,8H2,1H3,(H,23,24,28). The lowest BCUT2D eigenvalue weighted by Gasteiger charge is -2.04. The van der Waals surface area contributed by atoms with Gasteiger partial charge in [-0.25, -0.2) is 9.67 Å². The van der Waals surface area contributed by atoms with Crippen LogP contribution in [0.3, 0.4) is 0 Å². The van der Waals surface area contributed by atoms with E-state index in [1.54, 1.807) is 24.3 Å². The molecule has 0 radical (unpaired) electrons. The smallest absolute Gasteiger partial charge is 0.257 e. The Labute approximate surface area is 180 Å². The number of tetrazole rings is 1. The van der Waals surface area contributed by atoms with E-state index < -0.39 is 0 Å². The number of amides is 1. The molecule has 0 bridgehead atoms. The normalized spacial score (nSPS) is 10.9. The molecule has 1 N–H and O–H groups in total. The summed E-state index contributed by atoms with van der Waals surface area (Å²) in [6.45, 7) is 1.91. The molecule has 7 nitrogen and oxygen atoms in total. The fourth-order valence-electron chi connectivity index (χ4n) is 2.72. The minimum Gasteiger partial charge on any atom is -0.298 e. The number of carbonyl (C=O) groups excluding carboxylic acids is 1. The van der Waals surface area contributed by atoms with E-state index in [0.29, 0.717) is 32.8 Å². The number of carbonyl (C=O) groups is 1. The van der Waals surface area contributed by atoms with Crippen molar-refractivity contribution in [1.29, 1.82) is 0 Å².